The molecular formula is C14H8ClF3N4O2. The smallest absolute Gasteiger partial charge is 0.406 e. The highest BCUT2D eigenvalue weighted by atomic mass is 35.5. The van der Waals surface area contributed by atoms with Crippen LogP contribution in [0, 0.1) is 11.3 Å². The van der Waals surface area contributed by atoms with E-state index in [0.717, 1.165) is 12.1 Å². The molecule has 1 aromatic carbocycles. The zero-order chi connectivity index (χ0) is 17.5. The molecule has 0 N–H and O–H groups in total. The molecule has 1 aliphatic rings. The molecule has 3 rings (SSSR count). The number of rotatable bonds is 3. The Labute approximate surface area is 138 Å². The van der Waals surface area contributed by atoms with Crippen LogP contribution < -0.4 is 9.64 Å². The summed E-state index contributed by atoms with van der Waals surface area (Å²) in [5, 5.41) is 13.1. The van der Waals surface area contributed by atoms with E-state index in [2.05, 4.69) is 9.84 Å². The molecule has 1 fully saturated rings. The number of carbonyl (C=O) groups is 1. The molecule has 0 radical (unpaired) electrons. The largest absolute Gasteiger partial charge is 0.573 e. The maximum atomic E-state index is 12.2. The van der Waals surface area contributed by atoms with Gasteiger partial charge < -0.3 is 4.74 Å². The second-order valence-electron chi connectivity index (χ2n) is 4.86. The van der Waals surface area contributed by atoms with E-state index in [9.17, 15) is 18.0 Å². The zero-order valence-electron chi connectivity index (χ0n) is 11.8. The SMILES string of the molecule is N#Cc1cnn(-c2ccc(OC(F)(F)F)cc2Cl)c1N1CCC1=O. The maximum absolute atomic E-state index is 12.2. The van der Waals surface area contributed by atoms with Crippen molar-refractivity contribution >= 4 is 23.3 Å². The van der Waals surface area contributed by atoms with Crippen LogP contribution in [0.1, 0.15) is 12.0 Å². The van der Waals surface area contributed by atoms with Gasteiger partial charge in [-0.15, -0.1) is 13.2 Å². The van der Waals surface area contributed by atoms with E-state index in [-0.39, 0.29) is 28.0 Å². The molecule has 1 aromatic heterocycles. The van der Waals surface area contributed by atoms with Gasteiger partial charge in [-0.2, -0.15) is 10.4 Å². The summed E-state index contributed by atoms with van der Waals surface area (Å²) in [5.41, 5.74) is 0.386. The van der Waals surface area contributed by atoms with E-state index in [4.69, 9.17) is 16.9 Å². The van der Waals surface area contributed by atoms with Crippen LogP contribution in [0.3, 0.4) is 0 Å². The molecular weight excluding hydrogens is 349 g/mol. The summed E-state index contributed by atoms with van der Waals surface area (Å²) in [6, 6.07) is 5.25. The van der Waals surface area contributed by atoms with Gasteiger partial charge in [0.05, 0.1) is 16.9 Å². The number of anilines is 1. The molecule has 0 unspecified atom stereocenters. The fourth-order valence-electron chi connectivity index (χ4n) is 2.25. The summed E-state index contributed by atoms with van der Waals surface area (Å²) in [5.74, 6) is -0.424. The van der Waals surface area contributed by atoms with Crippen molar-refractivity contribution in [2.24, 2.45) is 0 Å². The Balaban J connectivity index is 2.02. The predicted molar refractivity (Wildman–Crippen MR) is 76.9 cm³/mol. The first-order valence-electron chi connectivity index (χ1n) is 6.64. The van der Waals surface area contributed by atoms with Crippen LogP contribution in [-0.4, -0.2) is 28.6 Å². The molecule has 0 spiro atoms. The van der Waals surface area contributed by atoms with Gasteiger partial charge in [-0.1, -0.05) is 11.6 Å². The molecule has 1 amide bonds. The Morgan fingerprint density at radius 2 is 2.12 bits per heavy atom. The summed E-state index contributed by atoms with van der Waals surface area (Å²) in [4.78, 5) is 13.0. The van der Waals surface area contributed by atoms with Crippen molar-refractivity contribution in [2.75, 3.05) is 11.4 Å². The number of amides is 1. The molecule has 2 aromatic rings. The lowest BCUT2D eigenvalue weighted by Crippen LogP contribution is -2.44. The van der Waals surface area contributed by atoms with E-state index in [1.807, 2.05) is 6.07 Å². The van der Waals surface area contributed by atoms with Gasteiger partial charge in [-0.05, 0) is 12.1 Å². The average Bonchev–Trinajstić information content (AvgIpc) is 2.87. The molecule has 6 nitrogen and oxygen atoms in total. The molecule has 124 valence electrons. The number of nitrogens with zero attached hydrogens (tertiary/aromatic N) is 4. The molecule has 2 heterocycles. The van der Waals surface area contributed by atoms with Gasteiger partial charge in [0.2, 0.25) is 5.91 Å². The standard InChI is InChI=1S/C14H8ClF3N4O2/c15-10-5-9(24-14(16,17)18)1-2-11(10)22-13(8(6-19)7-20-22)21-4-3-12(21)23/h1-2,5,7H,3-4H2. The fraction of sp³-hybridized carbons (Fsp3) is 0.214. The first kappa shape index (κ1) is 16.1. The number of benzene rings is 1. The van der Waals surface area contributed by atoms with Crippen molar-refractivity contribution < 1.29 is 22.7 Å². The first-order valence-corrected chi connectivity index (χ1v) is 7.02. The lowest BCUT2D eigenvalue weighted by molar-refractivity contribution is -0.274. The van der Waals surface area contributed by atoms with E-state index >= 15 is 0 Å². The molecule has 0 saturated carbocycles. The maximum Gasteiger partial charge on any atom is 0.573 e. The number of alkyl halides is 3. The summed E-state index contributed by atoms with van der Waals surface area (Å²) < 4.78 is 41.8. The summed E-state index contributed by atoms with van der Waals surface area (Å²) in [7, 11) is 0. The molecule has 0 bridgehead atoms. The third-order valence-corrected chi connectivity index (χ3v) is 3.65. The predicted octanol–water partition coefficient (Wildman–Crippen LogP) is 3.03. The minimum absolute atomic E-state index is 0.0708. The van der Waals surface area contributed by atoms with E-state index in [1.54, 1.807) is 0 Å². The number of aromatic nitrogens is 2. The lowest BCUT2D eigenvalue weighted by atomic mass is 10.2. The fourth-order valence-corrected chi connectivity index (χ4v) is 2.50. The number of halogens is 4. The normalized spacial score (nSPS) is 14.3. The van der Waals surface area contributed by atoms with E-state index < -0.39 is 12.1 Å². The van der Waals surface area contributed by atoms with Crippen molar-refractivity contribution in [3.8, 4) is 17.5 Å². The second-order valence-corrected chi connectivity index (χ2v) is 5.27. The molecule has 1 saturated heterocycles. The van der Waals surface area contributed by atoms with Crippen molar-refractivity contribution in [1.29, 1.82) is 5.26 Å². The number of carbonyl (C=O) groups excluding carboxylic acids is 1. The van der Waals surface area contributed by atoms with Gasteiger partial charge in [0.25, 0.3) is 0 Å². The number of hydrogen-bond acceptors (Lipinski definition) is 4. The van der Waals surface area contributed by atoms with Crippen molar-refractivity contribution in [1.82, 2.24) is 9.78 Å². The first-order chi connectivity index (χ1) is 11.3. The highest BCUT2D eigenvalue weighted by molar-refractivity contribution is 6.32. The van der Waals surface area contributed by atoms with E-state index in [0.29, 0.717) is 13.0 Å². The van der Waals surface area contributed by atoms with Crippen LogP contribution in [-0.2, 0) is 4.79 Å². The van der Waals surface area contributed by atoms with Gasteiger partial charge in [0.15, 0.2) is 5.82 Å². The number of β-lactam (4-membered cyclic amide) rings is 1. The van der Waals surface area contributed by atoms with Gasteiger partial charge in [-0.3, -0.25) is 9.69 Å². The Kier molecular flexibility index (Phi) is 3.85. The third kappa shape index (κ3) is 2.88. The number of ether oxygens (including phenoxy) is 1. The Morgan fingerprint density at radius 3 is 2.62 bits per heavy atom. The van der Waals surface area contributed by atoms with Gasteiger partial charge in [-0.25, -0.2) is 4.68 Å². The molecule has 1 aliphatic heterocycles. The second kappa shape index (κ2) is 5.72. The topological polar surface area (TPSA) is 71.2 Å². The molecule has 24 heavy (non-hydrogen) atoms. The average molecular weight is 357 g/mol. The van der Waals surface area contributed by atoms with Crippen LogP contribution in [0.4, 0.5) is 19.0 Å². The monoisotopic (exact) mass is 356 g/mol. The van der Waals surface area contributed by atoms with E-state index in [1.165, 1.54) is 21.8 Å². The Morgan fingerprint density at radius 1 is 1.38 bits per heavy atom. The minimum atomic E-state index is -4.83. The van der Waals surface area contributed by atoms with Crippen LogP contribution >= 0.6 is 11.6 Å². The molecule has 0 aliphatic carbocycles. The van der Waals surface area contributed by atoms with Gasteiger partial charge >= 0.3 is 6.36 Å². The number of hydrogen-bond donors (Lipinski definition) is 0. The highest BCUT2D eigenvalue weighted by Crippen LogP contribution is 2.34. The van der Waals surface area contributed by atoms with Gasteiger partial charge in [0, 0.05) is 19.0 Å². The van der Waals surface area contributed by atoms with Crippen molar-refractivity contribution in [3.05, 3.63) is 35.0 Å². The molecule has 0 atom stereocenters. The quantitative estimate of drug-likeness (QED) is 0.792. The number of nitriles is 1. The third-order valence-electron chi connectivity index (χ3n) is 3.35. The van der Waals surface area contributed by atoms with Crippen LogP contribution in [0.15, 0.2) is 24.4 Å². The van der Waals surface area contributed by atoms with Crippen molar-refractivity contribution in [2.45, 2.75) is 12.8 Å². The summed E-state index contributed by atoms with van der Waals surface area (Å²) in [6.45, 7) is 0.423. The summed E-state index contributed by atoms with van der Waals surface area (Å²) >= 11 is 6.02. The summed E-state index contributed by atoms with van der Waals surface area (Å²) in [6.07, 6.45) is -3.22. The molecule has 10 heteroatoms. The Bertz CT molecular complexity index is 857. The van der Waals surface area contributed by atoms with Gasteiger partial charge in [0.1, 0.15) is 17.4 Å². The Hall–Kier alpha value is -2.73. The zero-order valence-corrected chi connectivity index (χ0v) is 12.6. The van der Waals surface area contributed by atoms with Crippen LogP contribution in [0.5, 0.6) is 5.75 Å². The lowest BCUT2D eigenvalue weighted by Gasteiger charge is -2.31. The minimum Gasteiger partial charge on any atom is -0.406 e. The van der Waals surface area contributed by atoms with Crippen LogP contribution in [0.25, 0.3) is 5.69 Å². The van der Waals surface area contributed by atoms with Crippen LogP contribution in [0.2, 0.25) is 5.02 Å². The van der Waals surface area contributed by atoms with Crippen molar-refractivity contribution in [3.63, 3.8) is 0 Å². The highest BCUT2D eigenvalue weighted by Gasteiger charge is 2.33.